The Morgan fingerprint density at radius 2 is 1.42 bits per heavy atom. The van der Waals surface area contributed by atoms with Crippen molar-refractivity contribution in [3.63, 3.8) is 0 Å². The molecule has 0 aliphatic carbocycles. The van der Waals surface area contributed by atoms with Crippen molar-refractivity contribution < 1.29 is 17.9 Å². The van der Waals surface area contributed by atoms with Crippen LogP contribution < -0.4 is 19.3 Å². The number of amides is 1. The molecular weight excluding hydrogens is 582 g/mol. The summed E-state index contributed by atoms with van der Waals surface area (Å²) >= 11 is 0. The van der Waals surface area contributed by atoms with Crippen molar-refractivity contribution in [2.75, 3.05) is 21.1 Å². The number of ether oxygens (including phenoxy) is 1. The Hall–Kier alpha value is -5.08. The van der Waals surface area contributed by atoms with E-state index in [1.807, 2.05) is 112 Å². The van der Waals surface area contributed by atoms with Crippen LogP contribution in [0.15, 0.2) is 126 Å². The highest BCUT2D eigenvalue weighted by atomic mass is 32.2. The summed E-state index contributed by atoms with van der Waals surface area (Å²) in [6.07, 6.45) is -0.503. The number of nitrogens with zero attached hydrogens (tertiary/aromatic N) is 2. The van der Waals surface area contributed by atoms with Crippen LogP contribution in [-0.2, 0) is 16.6 Å². The standard InChI is InChI=1S/C37H35N3O4S/c1-4-44-32-20-18-31(19-21-32)40-36(29-14-10-26(2)11-15-29)39(25-28-8-6-5-7-9-28)35-23-22-33(24-34(35)37(40)41)45(42,43)38-30-16-12-27(3)13-17-30/h5-24,36,38H,4,25H2,1-3H3/t36-/m1/s1. The average Bonchev–Trinajstić information content (AvgIpc) is 3.05. The molecule has 0 saturated heterocycles. The summed E-state index contributed by atoms with van der Waals surface area (Å²) in [7, 11) is -3.98. The lowest BCUT2D eigenvalue weighted by molar-refractivity contribution is 0.0968. The first kappa shape index (κ1) is 30.0. The van der Waals surface area contributed by atoms with E-state index in [1.54, 1.807) is 29.2 Å². The maximum atomic E-state index is 14.6. The summed E-state index contributed by atoms with van der Waals surface area (Å²) < 4.78 is 35.4. The second-order valence-corrected chi connectivity index (χ2v) is 12.8. The second-order valence-electron chi connectivity index (χ2n) is 11.2. The van der Waals surface area contributed by atoms with E-state index in [2.05, 4.69) is 9.62 Å². The van der Waals surface area contributed by atoms with Gasteiger partial charge < -0.3 is 9.64 Å². The van der Waals surface area contributed by atoms with Gasteiger partial charge in [-0.3, -0.25) is 14.4 Å². The van der Waals surface area contributed by atoms with E-state index in [4.69, 9.17) is 4.74 Å². The van der Waals surface area contributed by atoms with Crippen LogP contribution in [0, 0.1) is 13.8 Å². The van der Waals surface area contributed by atoms with Crippen molar-refractivity contribution in [1.82, 2.24) is 0 Å². The fourth-order valence-electron chi connectivity index (χ4n) is 5.60. The summed E-state index contributed by atoms with van der Waals surface area (Å²) in [6, 6.07) is 37.6. The second kappa shape index (κ2) is 12.5. The fourth-order valence-corrected chi connectivity index (χ4v) is 6.68. The lowest BCUT2D eigenvalue weighted by atomic mass is 9.98. The number of carbonyl (C=O) groups is 1. The number of hydrogen-bond donors (Lipinski definition) is 1. The molecule has 1 aliphatic heterocycles. The molecular formula is C37H35N3O4S. The molecule has 0 unspecified atom stereocenters. The number of benzene rings is 5. The van der Waals surface area contributed by atoms with Crippen molar-refractivity contribution in [3.8, 4) is 5.75 Å². The number of nitrogens with one attached hydrogen (secondary N) is 1. The third kappa shape index (κ3) is 6.28. The number of rotatable bonds is 9. The van der Waals surface area contributed by atoms with Gasteiger partial charge >= 0.3 is 0 Å². The maximum Gasteiger partial charge on any atom is 0.262 e. The molecule has 1 heterocycles. The Morgan fingerprint density at radius 1 is 0.778 bits per heavy atom. The van der Waals surface area contributed by atoms with Gasteiger partial charge in [-0.05, 0) is 86.5 Å². The quantitative estimate of drug-likeness (QED) is 0.182. The Bertz CT molecular complexity index is 1910. The van der Waals surface area contributed by atoms with Gasteiger partial charge in [0.2, 0.25) is 0 Å². The highest BCUT2D eigenvalue weighted by Crippen LogP contribution is 2.43. The summed E-state index contributed by atoms with van der Waals surface area (Å²) in [5, 5.41) is 0. The fraction of sp³-hybridized carbons (Fsp3) is 0.162. The maximum absolute atomic E-state index is 14.6. The van der Waals surface area contributed by atoms with E-state index >= 15 is 0 Å². The zero-order valence-corrected chi connectivity index (χ0v) is 26.3. The lowest BCUT2D eigenvalue weighted by Crippen LogP contribution is -2.49. The van der Waals surface area contributed by atoms with Gasteiger partial charge in [0, 0.05) is 17.9 Å². The Labute approximate surface area is 264 Å². The minimum atomic E-state index is -3.98. The van der Waals surface area contributed by atoms with E-state index in [0.29, 0.717) is 41.5 Å². The van der Waals surface area contributed by atoms with Crippen molar-refractivity contribution in [2.45, 2.75) is 38.4 Å². The van der Waals surface area contributed by atoms with Crippen LogP contribution in [-0.4, -0.2) is 20.9 Å². The molecule has 1 amide bonds. The molecule has 7 nitrogen and oxygen atoms in total. The molecule has 0 fully saturated rings. The Kier molecular flexibility index (Phi) is 8.32. The first-order valence-electron chi connectivity index (χ1n) is 14.9. The van der Waals surface area contributed by atoms with Gasteiger partial charge in [0.15, 0.2) is 0 Å². The predicted octanol–water partition coefficient (Wildman–Crippen LogP) is 7.87. The topological polar surface area (TPSA) is 78.9 Å². The van der Waals surface area contributed by atoms with Gasteiger partial charge in [0.05, 0.1) is 22.8 Å². The Balaban J connectivity index is 1.51. The summed E-state index contributed by atoms with van der Waals surface area (Å²) in [5.74, 6) is 0.408. The van der Waals surface area contributed by atoms with Crippen LogP contribution >= 0.6 is 0 Å². The van der Waals surface area contributed by atoms with E-state index in [1.165, 1.54) is 6.07 Å². The highest BCUT2D eigenvalue weighted by Gasteiger charge is 2.40. The minimum absolute atomic E-state index is 0.00951. The SMILES string of the molecule is CCOc1ccc(N2C(=O)c3cc(S(=O)(=O)Nc4ccc(C)cc4)ccc3N(Cc3ccccc3)[C@H]2c2ccc(C)cc2)cc1. The molecule has 5 aromatic rings. The molecule has 1 aliphatic rings. The van der Waals surface area contributed by atoms with Crippen molar-refractivity contribution in [1.29, 1.82) is 0 Å². The number of fused-ring (bicyclic) bond motifs is 1. The van der Waals surface area contributed by atoms with Crippen molar-refractivity contribution in [3.05, 3.63) is 149 Å². The number of hydrogen-bond acceptors (Lipinski definition) is 5. The van der Waals surface area contributed by atoms with Gasteiger partial charge in [-0.15, -0.1) is 0 Å². The van der Waals surface area contributed by atoms with Gasteiger partial charge in [0.25, 0.3) is 15.9 Å². The average molecular weight is 618 g/mol. The zero-order chi connectivity index (χ0) is 31.6. The Morgan fingerprint density at radius 3 is 2.07 bits per heavy atom. The normalized spacial score (nSPS) is 14.6. The van der Waals surface area contributed by atoms with E-state index in [-0.39, 0.29) is 10.8 Å². The van der Waals surface area contributed by atoms with E-state index < -0.39 is 16.2 Å². The predicted molar refractivity (Wildman–Crippen MR) is 179 cm³/mol. The molecule has 0 saturated carbocycles. The molecule has 1 atom stereocenters. The molecule has 8 heteroatoms. The molecule has 0 radical (unpaired) electrons. The third-order valence-electron chi connectivity index (χ3n) is 7.88. The van der Waals surface area contributed by atoms with Crippen LogP contribution in [0.5, 0.6) is 5.75 Å². The number of sulfonamides is 1. The summed E-state index contributed by atoms with van der Waals surface area (Å²) in [4.78, 5) is 18.5. The van der Waals surface area contributed by atoms with Crippen LogP contribution in [0.3, 0.4) is 0 Å². The molecule has 6 rings (SSSR count). The summed E-state index contributed by atoms with van der Waals surface area (Å²) in [5.41, 5.74) is 6.20. The van der Waals surface area contributed by atoms with Crippen LogP contribution in [0.1, 0.15) is 45.7 Å². The minimum Gasteiger partial charge on any atom is -0.494 e. The first-order valence-corrected chi connectivity index (χ1v) is 16.4. The van der Waals surface area contributed by atoms with E-state index in [0.717, 1.165) is 22.3 Å². The molecule has 0 bridgehead atoms. The number of anilines is 3. The molecule has 5 aromatic carbocycles. The lowest BCUT2D eigenvalue weighted by Gasteiger charge is -2.46. The molecule has 45 heavy (non-hydrogen) atoms. The van der Waals surface area contributed by atoms with Crippen LogP contribution in [0.2, 0.25) is 0 Å². The van der Waals surface area contributed by atoms with E-state index in [9.17, 15) is 13.2 Å². The van der Waals surface area contributed by atoms with Crippen LogP contribution in [0.25, 0.3) is 0 Å². The van der Waals surface area contributed by atoms with Gasteiger partial charge in [-0.1, -0.05) is 77.9 Å². The zero-order valence-electron chi connectivity index (χ0n) is 25.5. The van der Waals surface area contributed by atoms with Gasteiger partial charge in [-0.25, -0.2) is 8.42 Å². The largest absolute Gasteiger partial charge is 0.494 e. The summed E-state index contributed by atoms with van der Waals surface area (Å²) in [6.45, 7) is 6.91. The molecule has 0 spiro atoms. The number of carbonyl (C=O) groups excluding carboxylic acids is 1. The highest BCUT2D eigenvalue weighted by molar-refractivity contribution is 7.92. The smallest absolute Gasteiger partial charge is 0.262 e. The van der Waals surface area contributed by atoms with Gasteiger partial charge in [-0.2, -0.15) is 0 Å². The molecule has 0 aromatic heterocycles. The molecule has 228 valence electrons. The third-order valence-corrected chi connectivity index (χ3v) is 9.26. The first-order chi connectivity index (χ1) is 21.7. The van der Waals surface area contributed by atoms with Gasteiger partial charge in [0.1, 0.15) is 11.9 Å². The number of aryl methyl sites for hydroxylation is 2. The van der Waals surface area contributed by atoms with Crippen LogP contribution in [0.4, 0.5) is 17.1 Å². The van der Waals surface area contributed by atoms with Crippen molar-refractivity contribution >= 4 is 33.0 Å². The molecule has 1 N–H and O–H groups in total. The van der Waals surface area contributed by atoms with Crippen molar-refractivity contribution in [2.24, 2.45) is 0 Å². The monoisotopic (exact) mass is 617 g/mol.